The molecule has 0 aliphatic heterocycles. The van der Waals surface area contributed by atoms with Gasteiger partial charge in [0.15, 0.2) is 0 Å². The molecule has 0 atom stereocenters. The average molecular weight is 275 g/mol. The molecule has 1 aromatic heterocycles. The fourth-order valence-electron chi connectivity index (χ4n) is 2.39. The second kappa shape index (κ2) is 5.63. The van der Waals surface area contributed by atoms with E-state index >= 15 is 0 Å². The Kier molecular flexibility index (Phi) is 4.11. The first-order valence-electron chi connectivity index (χ1n) is 6.29. The molecule has 0 aromatic carbocycles. The summed E-state index contributed by atoms with van der Waals surface area (Å²) in [6.07, 6.45) is -0.150. The van der Waals surface area contributed by atoms with E-state index in [2.05, 4.69) is 15.5 Å². The van der Waals surface area contributed by atoms with Crippen molar-refractivity contribution in [1.82, 2.24) is 15.5 Å². The summed E-state index contributed by atoms with van der Waals surface area (Å²) in [4.78, 5) is 11.8. The summed E-state index contributed by atoms with van der Waals surface area (Å²) in [6.45, 7) is 0.356. The average Bonchev–Trinajstić information content (AvgIpc) is 2.88. The molecule has 7 heteroatoms. The predicted molar refractivity (Wildman–Crippen MR) is 61.9 cm³/mol. The molecule has 2 N–H and O–H groups in total. The number of aromatic nitrogens is 2. The van der Waals surface area contributed by atoms with E-state index in [-0.39, 0.29) is 24.7 Å². The lowest BCUT2D eigenvalue weighted by Crippen LogP contribution is -2.35. The van der Waals surface area contributed by atoms with Gasteiger partial charge in [-0.1, -0.05) is 0 Å². The standard InChI is InChI=1S/C12H16F3N3O/c13-12(14,15)10-3-1-9(2-4-10)11(19)16-5-8-6-17-18-7-8/h6-7,9-10H,1-5H2,(H,16,19)(H,17,18). The van der Waals surface area contributed by atoms with Crippen molar-refractivity contribution in [2.24, 2.45) is 11.8 Å². The van der Waals surface area contributed by atoms with Gasteiger partial charge in [-0.15, -0.1) is 0 Å². The Bertz CT molecular complexity index is 408. The highest BCUT2D eigenvalue weighted by molar-refractivity contribution is 5.78. The van der Waals surface area contributed by atoms with E-state index in [0.717, 1.165) is 5.56 Å². The summed E-state index contributed by atoms with van der Waals surface area (Å²) in [5.74, 6) is -1.71. The number of halogens is 3. The molecule has 0 bridgehead atoms. The zero-order valence-corrected chi connectivity index (χ0v) is 10.3. The molecular weight excluding hydrogens is 259 g/mol. The highest BCUT2D eigenvalue weighted by Gasteiger charge is 2.42. The molecule has 19 heavy (non-hydrogen) atoms. The number of amides is 1. The Morgan fingerprint density at radius 2 is 2.05 bits per heavy atom. The summed E-state index contributed by atoms with van der Waals surface area (Å²) in [5, 5.41) is 9.11. The molecule has 0 unspecified atom stereocenters. The van der Waals surface area contributed by atoms with Gasteiger partial charge >= 0.3 is 6.18 Å². The van der Waals surface area contributed by atoms with Crippen LogP contribution in [-0.4, -0.2) is 22.3 Å². The van der Waals surface area contributed by atoms with Gasteiger partial charge in [0.25, 0.3) is 0 Å². The smallest absolute Gasteiger partial charge is 0.352 e. The lowest BCUT2D eigenvalue weighted by Gasteiger charge is -2.29. The predicted octanol–water partition coefficient (Wildman–Crippen LogP) is 2.39. The number of nitrogens with zero attached hydrogens (tertiary/aromatic N) is 1. The second-order valence-corrected chi connectivity index (χ2v) is 4.91. The quantitative estimate of drug-likeness (QED) is 0.890. The van der Waals surface area contributed by atoms with E-state index in [1.54, 1.807) is 12.4 Å². The number of rotatable bonds is 3. The normalized spacial score (nSPS) is 24.2. The van der Waals surface area contributed by atoms with Crippen molar-refractivity contribution in [2.45, 2.75) is 38.4 Å². The van der Waals surface area contributed by atoms with Crippen molar-refractivity contribution in [3.63, 3.8) is 0 Å². The third kappa shape index (κ3) is 3.71. The molecule has 4 nitrogen and oxygen atoms in total. The third-order valence-electron chi connectivity index (χ3n) is 3.58. The molecular formula is C12H16F3N3O. The van der Waals surface area contributed by atoms with E-state index in [1.165, 1.54) is 0 Å². The van der Waals surface area contributed by atoms with Crippen LogP contribution < -0.4 is 5.32 Å². The highest BCUT2D eigenvalue weighted by atomic mass is 19.4. The minimum Gasteiger partial charge on any atom is -0.352 e. The number of carbonyl (C=O) groups is 1. The molecule has 1 aliphatic carbocycles. The van der Waals surface area contributed by atoms with Gasteiger partial charge in [-0.25, -0.2) is 0 Å². The van der Waals surface area contributed by atoms with E-state index in [9.17, 15) is 18.0 Å². The summed E-state index contributed by atoms with van der Waals surface area (Å²) in [7, 11) is 0. The number of aromatic amines is 1. The lowest BCUT2D eigenvalue weighted by atomic mass is 9.81. The Labute approximate surface area is 108 Å². The van der Waals surface area contributed by atoms with Crippen LogP contribution in [0, 0.1) is 11.8 Å². The van der Waals surface area contributed by atoms with E-state index in [1.807, 2.05) is 0 Å². The molecule has 2 rings (SSSR count). The summed E-state index contributed by atoms with van der Waals surface area (Å²) >= 11 is 0. The van der Waals surface area contributed by atoms with Gasteiger partial charge in [-0.2, -0.15) is 18.3 Å². The molecule has 0 radical (unpaired) electrons. The Morgan fingerprint density at radius 3 is 2.58 bits per heavy atom. The van der Waals surface area contributed by atoms with Gasteiger partial charge in [-0.3, -0.25) is 9.89 Å². The number of H-pyrrole nitrogens is 1. The van der Waals surface area contributed by atoms with Crippen molar-refractivity contribution in [3.05, 3.63) is 18.0 Å². The van der Waals surface area contributed by atoms with Crippen LogP contribution in [0.4, 0.5) is 13.2 Å². The molecule has 0 spiro atoms. The van der Waals surface area contributed by atoms with Crippen molar-refractivity contribution in [2.75, 3.05) is 0 Å². The molecule has 106 valence electrons. The zero-order chi connectivity index (χ0) is 13.9. The van der Waals surface area contributed by atoms with Gasteiger partial charge in [0.05, 0.1) is 12.1 Å². The maximum atomic E-state index is 12.5. The van der Waals surface area contributed by atoms with Gasteiger partial charge in [0, 0.05) is 24.2 Å². The largest absolute Gasteiger partial charge is 0.391 e. The highest BCUT2D eigenvalue weighted by Crippen LogP contribution is 2.39. The molecule has 0 saturated heterocycles. The summed E-state index contributed by atoms with van der Waals surface area (Å²) in [5.41, 5.74) is 0.845. The zero-order valence-electron chi connectivity index (χ0n) is 10.3. The van der Waals surface area contributed by atoms with E-state index in [4.69, 9.17) is 0 Å². The van der Waals surface area contributed by atoms with Gasteiger partial charge in [0.2, 0.25) is 5.91 Å². The molecule has 1 fully saturated rings. The minimum atomic E-state index is -4.13. The van der Waals surface area contributed by atoms with Crippen LogP contribution in [0.15, 0.2) is 12.4 Å². The Morgan fingerprint density at radius 1 is 1.37 bits per heavy atom. The molecule has 1 aromatic rings. The fraction of sp³-hybridized carbons (Fsp3) is 0.667. The van der Waals surface area contributed by atoms with E-state index < -0.39 is 12.1 Å². The Hall–Kier alpha value is -1.53. The molecule has 1 heterocycles. The summed E-state index contributed by atoms with van der Waals surface area (Å²) < 4.78 is 37.5. The molecule has 1 aliphatic rings. The maximum absolute atomic E-state index is 12.5. The number of carbonyl (C=O) groups excluding carboxylic acids is 1. The number of alkyl halides is 3. The Balaban J connectivity index is 1.76. The topological polar surface area (TPSA) is 57.8 Å². The molecule has 1 saturated carbocycles. The first-order valence-corrected chi connectivity index (χ1v) is 6.29. The number of hydrogen-bond donors (Lipinski definition) is 2. The van der Waals surface area contributed by atoms with Crippen molar-refractivity contribution in [3.8, 4) is 0 Å². The third-order valence-corrected chi connectivity index (χ3v) is 3.58. The van der Waals surface area contributed by atoms with Crippen LogP contribution >= 0.6 is 0 Å². The fourth-order valence-corrected chi connectivity index (χ4v) is 2.39. The van der Waals surface area contributed by atoms with Crippen molar-refractivity contribution >= 4 is 5.91 Å². The van der Waals surface area contributed by atoms with Crippen LogP contribution in [0.25, 0.3) is 0 Å². The van der Waals surface area contributed by atoms with Crippen molar-refractivity contribution in [1.29, 1.82) is 0 Å². The van der Waals surface area contributed by atoms with Gasteiger partial charge < -0.3 is 5.32 Å². The lowest BCUT2D eigenvalue weighted by molar-refractivity contribution is -0.184. The summed E-state index contributed by atoms with van der Waals surface area (Å²) in [6, 6.07) is 0. The SMILES string of the molecule is O=C(NCc1cn[nH]c1)C1CCC(C(F)(F)F)CC1. The van der Waals surface area contributed by atoms with Crippen LogP contribution in [0.5, 0.6) is 0 Å². The van der Waals surface area contributed by atoms with Gasteiger partial charge in [-0.05, 0) is 25.7 Å². The number of nitrogens with one attached hydrogen (secondary N) is 2. The maximum Gasteiger partial charge on any atom is 0.391 e. The first kappa shape index (κ1) is 13.9. The monoisotopic (exact) mass is 275 g/mol. The van der Waals surface area contributed by atoms with Crippen molar-refractivity contribution < 1.29 is 18.0 Å². The van der Waals surface area contributed by atoms with E-state index in [0.29, 0.717) is 19.4 Å². The van der Waals surface area contributed by atoms with Gasteiger partial charge in [0.1, 0.15) is 0 Å². The van der Waals surface area contributed by atoms with Crippen LogP contribution in [0.2, 0.25) is 0 Å². The molecule has 1 amide bonds. The van der Waals surface area contributed by atoms with Crippen LogP contribution in [0.3, 0.4) is 0 Å². The second-order valence-electron chi connectivity index (χ2n) is 4.91. The van der Waals surface area contributed by atoms with Crippen LogP contribution in [0.1, 0.15) is 31.2 Å². The van der Waals surface area contributed by atoms with Crippen LogP contribution in [-0.2, 0) is 11.3 Å². The number of hydrogen-bond acceptors (Lipinski definition) is 2. The minimum absolute atomic E-state index is 0.0489. The first-order chi connectivity index (χ1) is 8.97.